The standard InChI is InChI=1S/C14H23N3O4/c1-9-2-4-10(5-3-9)16-13(19)8-17-7-12(18)15-6-11(17)14(20)21/h9-11H,2-8H2,1H3,(H,15,18)(H,16,19)(H,20,21). The summed E-state index contributed by atoms with van der Waals surface area (Å²) in [7, 11) is 0. The zero-order chi connectivity index (χ0) is 15.4. The maximum absolute atomic E-state index is 12.1. The van der Waals surface area contributed by atoms with E-state index in [1.165, 1.54) is 4.90 Å². The van der Waals surface area contributed by atoms with Gasteiger partial charge in [0.25, 0.3) is 0 Å². The number of nitrogens with one attached hydrogen (secondary N) is 2. The molecule has 1 atom stereocenters. The van der Waals surface area contributed by atoms with Crippen molar-refractivity contribution in [1.29, 1.82) is 0 Å². The lowest BCUT2D eigenvalue weighted by Gasteiger charge is -2.33. The van der Waals surface area contributed by atoms with Gasteiger partial charge in [0.05, 0.1) is 13.1 Å². The van der Waals surface area contributed by atoms with E-state index in [-0.39, 0.29) is 37.5 Å². The summed E-state index contributed by atoms with van der Waals surface area (Å²) in [5.74, 6) is -0.753. The number of carbonyl (C=O) groups excluding carboxylic acids is 2. The third-order valence-corrected chi connectivity index (χ3v) is 4.29. The molecule has 1 unspecified atom stereocenters. The Bertz CT molecular complexity index is 418. The Hall–Kier alpha value is -1.63. The van der Waals surface area contributed by atoms with Crippen molar-refractivity contribution in [1.82, 2.24) is 15.5 Å². The van der Waals surface area contributed by atoms with Gasteiger partial charge in [-0.15, -0.1) is 0 Å². The van der Waals surface area contributed by atoms with E-state index < -0.39 is 12.0 Å². The lowest BCUT2D eigenvalue weighted by atomic mass is 9.87. The molecule has 3 N–H and O–H groups in total. The predicted molar refractivity (Wildman–Crippen MR) is 75.6 cm³/mol. The van der Waals surface area contributed by atoms with Gasteiger partial charge in [-0.1, -0.05) is 6.92 Å². The van der Waals surface area contributed by atoms with Crippen LogP contribution in [-0.4, -0.2) is 59.5 Å². The van der Waals surface area contributed by atoms with Crippen molar-refractivity contribution in [3.63, 3.8) is 0 Å². The monoisotopic (exact) mass is 297 g/mol. The van der Waals surface area contributed by atoms with Crippen molar-refractivity contribution < 1.29 is 19.5 Å². The molecule has 0 bridgehead atoms. The Morgan fingerprint density at radius 2 is 2.00 bits per heavy atom. The molecule has 7 heteroatoms. The van der Waals surface area contributed by atoms with Crippen LogP contribution >= 0.6 is 0 Å². The zero-order valence-corrected chi connectivity index (χ0v) is 12.3. The molecule has 0 spiro atoms. The highest BCUT2D eigenvalue weighted by Crippen LogP contribution is 2.23. The van der Waals surface area contributed by atoms with Gasteiger partial charge in [-0.25, -0.2) is 0 Å². The highest BCUT2D eigenvalue weighted by Gasteiger charge is 2.33. The Morgan fingerprint density at radius 1 is 1.33 bits per heavy atom. The second-order valence-corrected chi connectivity index (χ2v) is 6.09. The van der Waals surface area contributed by atoms with Gasteiger partial charge in [0.15, 0.2) is 0 Å². The van der Waals surface area contributed by atoms with Crippen LogP contribution in [-0.2, 0) is 14.4 Å². The lowest BCUT2D eigenvalue weighted by Crippen LogP contribution is -2.59. The summed E-state index contributed by atoms with van der Waals surface area (Å²) in [6.45, 7) is 2.16. The normalized spacial score (nSPS) is 30.5. The highest BCUT2D eigenvalue weighted by molar-refractivity contribution is 5.85. The molecule has 0 aromatic heterocycles. The minimum absolute atomic E-state index is 0.0440. The number of carbonyl (C=O) groups is 3. The summed E-state index contributed by atoms with van der Waals surface area (Å²) in [6.07, 6.45) is 4.15. The summed E-state index contributed by atoms with van der Waals surface area (Å²) in [5.41, 5.74) is 0. The first-order chi connectivity index (χ1) is 9.95. The molecule has 1 aliphatic carbocycles. The zero-order valence-electron chi connectivity index (χ0n) is 12.3. The molecule has 0 radical (unpaired) electrons. The van der Waals surface area contributed by atoms with Crippen LogP contribution in [0.2, 0.25) is 0 Å². The number of amides is 2. The van der Waals surface area contributed by atoms with Crippen LogP contribution in [0.1, 0.15) is 32.6 Å². The van der Waals surface area contributed by atoms with Gasteiger partial charge in [-0.3, -0.25) is 19.3 Å². The Kier molecular flexibility index (Phi) is 5.17. The van der Waals surface area contributed by atoms with Gasteiger partial charge < -0.3 is 15.7 Å². The van der Waals surface area contributed by atoms with Gasteiger partial charge in [-0.05, 0) is 31.6 Å². The van der Waals surface area contributed by atoms with Crippen LogP contribution in [0.5, 0.6) is 0 Å². The van der Waals surface area contributed by atoms with Gasteiger partial charge >= 0.3 is 5.97 Å². The first kappa shape index (κ1) is 15.8. The summed E-state index contributed by atoms with van der Waals surface area (Å²) < 4.78 is 0. The third kappa shape index (κ3) is 4.42. The van der Waals surface area contributed by atoms with Gasteiger partial charge in [0.2, 0.25) is 11.8 Å². The maximum atomic E-state index is 12.1. The molecule has 2 aliphatic rings. The Balaban J connectivity index is 1.85. The van der Waals surface area contributed by atoms with Crippen molar-refractivity contribution in [2.45, 2.75) is 44.7 Å². The number of piperazine rings is 1. The van der Waals surface area contributed by atoms with E-state index >= 15 is 0 Å². The van der Waals surface area contributed by atoms with Crippen LogP contribution < -0.4 is 10.6 Å². The van der Waals surface area contributed by atoms with E-state index in [4.69, 9.17) is 5.11 Å². The lowest BCUT2D eigenvalue weighted by molar-refractivity contribution is -0.146. The first-order valence-electron chi connectivity index (χ1n) is 7.48. The molecule has 0 aromatic rings. The largest absolute Gasteiger partial charge is 0.480 e. The fourth-order valence-electron chi connectivity index (χ4n) is 2.96. The average molecular weight is 297 g/mol. The summed E-state index contributed by atoms with van der Waals surface area (Å²) >= 11 is 0. The number of rotatable bonds is 4. The third-order valence-electron chi connectivity index (χ3n) is 4.29. The van der Waals surface area contributed by atoms with Crippen LogP contribution in [0.3, 0.4) is 0 Å². The molecule has 1 aliphatic heterocycles. The Labute approximate surface area is 124 Å². The van der Waals surface area contributed by atoms with E-state index in [1.54, 1.807) is 0 Å². The molecule has 0 aromatic carbocycles. The number of hydrogen-bond acceptors (Lipinski definition) is 4. The van der Waals surface area contributed by atoms with Gasteiger partial charge in [0.1, 0.15) is 6.04 Å². The molecule has 2 fully saturated rings. The number of aliphatic carboxylic acids is 1. The van der Waals surface area contributed by atoms with Crippen molar-refractivity contribution >= 4 is 17.8 Å². The van der Waals surface area contributed by atoms with E-state index in [1.807, 2.05) is 0 Å². The summed E-state index contributed by atoms with van der Waals surface area (Å²) in [4.78, 5) is 36.0. The second-order valence-electron chi connectivity index (χ2n) is 6.09. The van der Waals surface area contributed by atoms with Crippen molar-refractivity contribution in [3.05, 3.63) is 0 Å². The van der Waals surface area contributed by atoms with Crippen LogP contribution in [0.25, 0.3) is 0 Å². The van der Waals surface area contributed by atoms with Crippen LogP contribution in [0.15, 0.2) is 0 Å². The minimum Gasteiger partial charge on any atom is -0.480 e. The molecule has 2 amide bonds. The predicted octanol–water partition coefficient (Wildman–Crippen LogP) is -0.434. The summed E-state index contributed by atoms with van der Waals surface area (Å²) in [6, 6.07) is -0.657. The van der Waals surface area contributed by atoms with Crippen LogP contribution in [0, 0.1) is 5.92 Å². The smallest absolute Gasteiger partial charge is 0.322 e. The molecule has 118 valence electrons. The fourth-order valence-corrected chi connectivity index (χ4v) is 2.96. The summed E-state index contributed by atoms with van der Waals surface area (Å²) in [5, 5.41) is 14.6. The molecular formula is C14H23N3O4. The van der Waals surface area contributed by atoms with Crippen molar-refractivity contribution in [2.24, 2.45) is 5.92 Å². The highest BCUT2D eigenvalue weighted by atomic mass is 16.4. The molecular weight excluding hydrogens is 274 g/mol. The minimum atomic E-state index is -1.02. The fraction of sp³-hybridized carbons (Fsp3) is 0.786. The van der Waals surface area contributed by atoms with E-state index in [0.717, 1.165) is 25.7 Å². The van der Waals surface area contributed by atoms with E-state index in [9.17, 15) is 14.4 Å². The second kappa shape index (κ2) is 6.89. The van der Waals surface area contributed by atoms with Crippen molar-refractivity contribution in [3.8, 4) is 0 Å². The van der Waals surface area contributed by atoms with Gasteiger partial charge in [-0.2, -0.15) is 0 Å². The topological polar surface area (TPSA) is 98.7 Å². The van der Waals surface area contributed by atoms with E-state index in [0.29, 0.717) is 5.92 Å². The average Bonchev–Trinajstić information content (AvgIpc) is 2.41. The quantitative estimate of drug-likeness (QED) is 0.654. The Morgan fingerprint density at radius 3 is 2.62 bits per heavy atom. The number of carboxylic acids is 1. The first-order valence-corrected chi connectivity index (χ1v) is 7.48. The van der Waals surface area contributed by atoms with E-state index in [2.05, 4.69) is 17.6 Å². The number of carboxylic acid groups (broad SMARTS) is 1. The number of nitrogens with zero attached hydrogens (tertiary/aromatic N) is 1. The molecule has 1 saturated heterocycles. The molecule has 21 heavy (non-hydrogen) atoms. The molecule has 7 nitrogen and oxygen atoms in total. The molecule has 2 rings (SSSR count). The maximum Gasteiger partial charge on any atom is 0.322 e. The van der Waals surface area contributed by atoms with Gasteiger partial charge in [0, 0.05) is 12.6 Å². The molecule has 1 heterocycles. The van der Waals surface area contributed by atoms with Crippen LogP contribution in [0.4, 0.5) is 0 Å². The van der Waals surface area contributed by atoms with Crippen molar-refractivity contribution in [2.75, 3.05) is 19.6 Å². The molecule has 1 saturated carbocycles. The number of hydrogen-bond donors (Lipinski definition) is 3. The SMILES string of the molecule is CC1CCC(NC(=O)CN2CC(=O)NCC2C(=O)O)CC1.